The van der Waals surface area contributed by atoms with Crippen molar-refractivity contribution >= 4 is 37.2 Å². The van der Waals surface area contributed by atoms with Crippen molar-refractivity contribution < 1.29 is 30.0 Å². The van der Waals surface area contributed by atoms with Crippen LogP contribution in [0.4, 0.5) is 0 Å². The Kier molecular flexibility index (Phi) is 11.4. The largest absolute Gasteiger partial charge is 0.481 e. The number of thiol groups is 2. The number of aliphatic carboxylic acids is 2. The Morgan fingerprint density at radius 1 is 1.27 bits per heavy atom. The van der Waals surface area contributed by atoms with Crippen LogP contribution in [0, 0.1) is 0 Å². The lowest BCUT2D eigenvalue weighted by Gasteiger charge is -1.97. The van der Waals surface area contributed by atoms with Crippen molar-refractivity contribution in [3.63, 3.8) is 0 Å². The van der Waals surface area contributed by atoms with Gasteiger partial charge >= 0.3 is 11.9 Å². The molecule has 0 saturated heterocycles. The van der Waals surface area contributed by atoms with Gasteiger partial charge in [0.2, 0.25) is 0 Å². The second-order valence-corrected chi connectivity index (χ2v) is 3.46. The summed E-state index contributed by atoms with van der Waals surface area (Å²) < 4.78 is 0. The first-order valence-corrected chi connectivity index (χ1v) is 5.02. The molecule has 0 radical (unpaired) electrons. The van der Waals surface area contributed by atoms with Crippen LogP contribution >= 0.6 is 25.3 Å². The first kappa shape index (κ1) is 17.0. The maximum absolute atomic E-state index is 9.90. The number of hydrogen-bond acceptors (Lipinski definition) is 6. The van der Waals surface area contributed by atoms with Crippen molar-refractivity contribution in [2.75, 3.05) is 12.4 Å². The van der Waals surface area contributed by atoms with E-state index in [9.17, 15) is 9.59 Å². The molecule has 90 valence electrons. The number of carboxylic acid groups (broad SMARTS) is 2. The predicted octanol–water partition coefficient (Wildman–Crippen LogP) is -0.886. The molecule has 0 aliphatic carbocycles. The minimum absolute atomic E-state index is 0.191. The highest BCUT2D eigenvalue weighted by atomic mass is 32.1. The Bertz CT molecular complexity index is 194. The summed E-state index contributed by atoms with van der Waals surface area (Å²) in [6, 6.07) is 0. The van der Waals surface area contributed by atoms with Crippen molar-refractivity contribution in [1.29, 1.82) is 0 Å². The Morgan fingerprint density at radius 2 is 1.73 bits per heavy atom. The summed E-state index contributed by atoms with van der Waals surface area (Å²) >= 11 is 7.17. The second-order valence-electron chi connectivity index (χ2n) is 2.47. The summed E-state index contributed by atoms with van der Waals surface area (Å²) in [5.41, 5.74) is 0. The van der Waals surface area contributed by atoms with Gasteiger partial charge in [0.25, 0.3) is 0 Å². The summed E-state index contributed by atoms with van der Waals surface area (Å²) in [4.78, 5) is 19.7. The Labute approximate surface area is 97.7 Å². The maximum Gasteiger partial charge on any atom is 0.316 e. The molecule has 0 rings (SSSR count). The minimum Gasteiger partial charge on any atom is -0.481 e. The molecule has 2 unspecified atom stereocenters. The van der Waals surface area contributed by atoms with Crippen LogP contribution in [0.2, 0.25) is 0 Å². The lowest BCUT2D eigenvalue weighted by Crippen LogP contribution is -2.17. The second kappa shape index (κ2) is 10.1. The molecule has 0 aromatic rings. The standard InChI is InChI=1S/C4H6O4S.C3H8O2S/c5-3(6)1-2(9)4(7)8;4-1-3(5)2-6/h2,9H,1H2,(H,5,6)(H,7,8);3-6H,1-2H2. The molecule has 8 heteroatoms. The Balaban J connectivity index is 0. The van der Waals surface area contributed by atoms with Crippen LogP contribution in [0.1, 0.15) is 6.42 Å². The van der Waals surface area contributed by atoms with E-state index >= 15 is 0 Å². The zero-order chi connectivity index (χ0) is 12.4. The number of rotatable bonds is 5. The van der Waals surface area contributed by atoms with Gasteiger partial charge in [-0.3, -0.25) is 9.59 Å². The first-order valence-electron chi connectivity index (χ1n) is 3.87. The van der Waals surface area contributed by atoms with E-state index < -0.39 is 29.7 Å². The van der Waals surface area contributed by atoms with Crippen molar-refractivity contribution in [3.05, 3.63) is 0 Å². The van der Waals surface area contributed by atoms with Gasteiger partial charge in [-0.15, -0.1) is 0 Å². The molecule has 4 N–H and O–H groups in total. The van der Waals surface area contributed by atoms with E-state index in [1.165, 1.54) is 0 Å². The molecule has 0 aliphatic heterocycles. The van der Waals surface area contributed by atoms with Gasteiger partial charge < -0.3 is 20.4 Å². The van der Waals surface area contributed by atoms with Gasteiger partial charge in [0.1, 0.15) is 5.25 Å². The van der Waals surface area contributed by atoms with Crippen LogP contribution in [-0.2, 0) is 9.59 Å². The number of hydrogen-bond donors (Lipinski definition) is 6. The van der Waals surface area contributed by atoms with Gasteiger partial charge in [-0.1, -0.05) is 0 Å². The topological polar surface area (TPSA) is 115 Å². The molecule has 0 saturated carbocycles. The molecular weight excluding hydrogens is 244 g/mol. The lowest BCUT2D eigenvalue weighted by molar-refractivity contribution is -0.142. The molecule has 0 bridgehead atoms. The van der Waals surface area contributed by atoms with Crippen LogP contribution in [0.25, 0.3) is 0 Å². The van der Waals surface area contributed by atoms with Crippen LogP contribution in [0.15, 0.2) is 0 Å². The molecule has 0 spiro atoms. The third-order valence-electron chi connectivity index (χ3n) is 1.07. The average Bonchev–Trinajstić information content (AvgIpc) is 2.16. The van der Waals surface area contributed by atoms with Gasteiger partial charge in [-0.25, -0.2) is 0 Å². The van der Waals surface area contributed by atoms with Crippen molar-refractivity contribution in [1.82, 2.24) is 0 Å². The van der Waals surface area contributed by atoms with Crippen LogP contribution < -0.4 is 0 Å². The molecule has 0 aromatic heterocycles. The molecule has 0 aliphatic rings. The molecular formula is C7H14O6S2. The lowest BCUT2D eigenvalue weighted by atomic mass is 10.3. The van der Waals surface area contributed by atoms with Gasteiger partial charge in [0.05, 0.1) is 19.1 Å². The zero-order valence-electron chi connectivity index (χ0n) is 7.78. The SMILES string of the molecule is O=C(O)CC(S)C(=O)O.OCC(O)CS. The molecule has 15 heavy (non-hydrogen) atoms. The fraction of sp³-hybridized carbons (Fsp3) is 0.714. The number of aliphatic hydroxyl groups is 2. The van der Waals surface area contributed by atoms with Crippen molar-refractivity contribution in [2.24, 2.45) is 0 Å². The normalized spacial score (nSPS) is 13.3. The fourth-order valence-electron chi connectivity index (χ4n) is 0.310. The third-order valence-corrected chi connectivity index (χ3v) is 1.90. The monoisotopic (exact) mass is 258 g/mol. The molecule has 6 nitrogen and oxygen atoms in total. The van der Waals surface area contributed by atoms with E-state index in [0.717, 1.165) is 0 Å². The van der Waals surface area contributed by atoms with E-state index in [-0.39, 0.29) is 6.61 Å². The van der Waals surface area contributed by atoms with Crippen LogP contribution in [0.5, 0.6) is 0 Å². The summed E-state index contributed by atoms with van der Waals surface area (Å²) in [5, 5.41) is 31.4. The minimum atomic E-state index is -1.21. The van der Waals surface area contributed by atoms with Crippen LogP contribution in [-0.4, -0.2) is 56.1 Å². The summed E-state index contributed by atoms with van der Waals surface area (Å²) in [6.07, 6.45) is -1.09. The summed E-state index contributed by atoms with van der Waals surface area (Å²) in [7, 11) is 0. The molecule has 0 heterocycles. The predicted molar refractivity (Wildman–Crippen MR) is 59.6 cm³/mol. The van der Waals surface area contributed by atoms with Gasteiger partial charge in [-0.2, -0.15) is 25.3 Å². The Hall–Kier alpha value is -0.440. The molecule has 0 amide bonds. The van der Waals surface area contributed by atoms with Crippen molar-refractivity contribution in [3.8, 4) is 0 Å². The quantitative estimate of drug-likeness (QED) is 0.357. The van der Waals surface area contributed by atoms with E-state index in [0.29, 0.717) is 5.75 Å². The summed E-state index contributed by atoms with van der Waals surface area (Å²) in [5.74, 6) is -2.03. The van der Waals surface area contributed by atoms with E-state index in [1.807, 2.05) is 0 Å². The highest BCUT2D eigenvalue weighted by molar-refractivity contribution is 7.81. The number of aliphatic hydroxyl groups excluding tert-OH is 2. The number of carboxylic acids is 2. The van der Waals surface area contributed by atoms with Gasteiger partial charge in [-0.05, 0) is 0 Å². The smallest absolute Gasteiger partial charge is 0.316 e. The van der Waals surface area contributed by atoms with Crippen molar-refractivity contribution in [2.45, 2.75) is 17.8 Å². The zero-order valence-corrected chi connectivity index (χ0v) is 9.56. The highest BCUT2D eigenvalue weighted by Crippen LogP contribution is 1.99. The average molecular weight is 258 g/mol. The summed E-state index contributed by atoms with van der Waals surface area (Å²) in [6.45, 7) is -0.191. The molecule has 0 fully saturated rings. The van der Waals surface area contributed by atoms with Gasteiger partial charge in [0.15, 0.2) is 0 Å². The van der Waals surface area contributed by atoms with E-state index in [2.05, 4.69) is 25.3 Å². The Morgan fingerprint density at radius 3 is 1.80 bits per heavy atom. The number of carbonyl (C=O) groups is 2. The third kappa shape index (κ3) is 13.6. The molecule has 0 aromatic carbocycles. The maximum atomic E-state index is 9.90. The van der Waals surface area contributed by atoms with Crippen LogP contribution in [0.3, 0.4) is 0 Å². The molecule has 2 atom stereocenters. The van der Waals surface area contributed by atoms with E-state index in [1.54, 1.807) is 0 Å². The van der Waals surface area contributed by atoms with Gasteiger partial charge in [0, 0.05) is 5.75 Å². The fourth-order valence-corrected chi connectivity index (χ4v) is 0.582. The highest BCUT2D eigenvalue weighted by Gasteiger charge is 2.14. The van der Waals surface area contributed by atoms with E-state index in [4.69, 9.17) is 20.4 Å². The first-order chi connectivity index (χ1) is 6.84.